The Kier molecular flexibility index (Phi) is 5.80. The minimum absolute atomic E-state index is 0.188. The van der Waals surface area contributed by atoms with Gasteiger partial charge in [0.1, 0.15) is 0 Å². The van der Waals surface area contributed by atoms with Gasteiger partial charge in [-0.3, -0.25) is 9.59 Å². The predicted octanol–water partition coefficient (Wildman–Crippen LogP) is 1.27. The third-order valence-electron chi connectivity index (χ3n) is 2.34. The van der Waals surface area contributed by atoms with Gasteiger partial charge in [-0.1, -0.05) is 28.9 Å². The Labute approximate surface area is 114 Å². The zero-order valence-electron chi connectivity index (χ0n) is 9.94. The second kappa shape index (κ2) is 7.13. The maximum absolute atomic E-state index is 11.6. The van der Waals surface area contributed by atoms with Crippen molar-refractivity contribution < 1.29 is 14.7 Å². The molecule has 0 spiro atoms. The van der Waals surface area contributed by atoms with E-state index >= 15 is 0 Å². The van der Waals surface area contributed by atoms with Crippen molar-refractivity contribution in [3.05, 3.63) is 28.7 Å². The summed E-state index contributed by atoms with van der Waals surface area (Å²) in [5, 5.41) is 13.8. The molecular formula is C12H15BrN2O3. The molecule has 1 aromatic rings. The first kappa shape index (κ1) is 14.7. The third-order valence-corrected chi connectivity index (χ3v) is 2.83. The summed E-state index contributed by atoms with van der Waals surface area (Å²) < 4.78 is 0.808. The lowest BCUT2D eigenvalue weighted by molar-refractivity contribution is -0.136. The first-order valence-electron chi connectivity index (χ1n) is 5.55. The Hall–Kier alpha value is -1.40. The van der Waals surface area contributed by atoms with Crippen LogP contribution in [0.3, 0.4) is 0 Å². The van der Waals surface area contributed by atoms with Gasteiger partial charge < -0.3 is 15.7 Å². The number of aliphatic hydroxyl groups excluding tert-OH is 1. The van der Waals surface area contributed by atoms with Crippen molar-refractivity contribution in [3.8, 4) is 0 Å². The SMILES string of the molecule is CCC(CO)NC(=O)C(=O)Nc1cccc(Br)c1. The van der Waals surface area contributed by atoms with Crippen molar-refractivity contribution in [1.82, 2.24) is 5.32 Å². The number of nitrogens with one attached hydrogen (secondary N) is 2. The molecule has 6 heteroatoms. The van der Waals surface area contributed by atoms with Crippen LogP contribution in [0.1, 0.15) is 13.3 Å². The molecule has 0 radical (unpaired) electrons. The van der Waals surface area contributed by atoms with Gasteiger partial charge in [-0.25, -0.2) is 0 Å². The second-order valence-corrected chi connectivity index (χ2v) is 4.64. The molecule has 0 aliphatic carbocycles. The highest BCUT2D eigenvalue weighted by molar-refractivity contribution is 9.10. The number of hydrogen-bond acceptors (Lipinski definition) is 3. The lowest BCUT2D eigenvalue weighted by Gasteiger charge is -2.13. The van der Waals surface area contributed by atoms with Crippen LogP contribution in [0.15, 0.2) is 28.7 Å². The molecule has 18 heavy (non-hydrogen) atoms. The summed E-state index contributed by atoms with van der Waals surface area (Å²) in [5.74, 6) is -1.50. The van der Waals surface area contributed by atoms with Crippen molar-refractivity contribution in [1.29, 1.82) is 0 Å². The number of rotatable bonds is 4. The minimum Gasteiger partial charge on any atom is -0.394 e. The highest BCUT2D eigenvalue weighted by Crippen LogP contribution is 2.15. The number of aliphatic hydroxyl groups is 1. The number of carbonyl (C=O) groups excluding carboxylic acids is 2. The van der Waals surface area contributed by atoms with Crippen molar-refractivity contribution in [2.45, 2.75) is 19.4 Å². The van der Waals surface area contributed by atoms with Crippen LogP contribution in [0.4, 0.5) is 5.69 Å². The number of carbonyl (C=O) groups is 2. The molecule has 3 N–H and O–H groups in total. The smallest absolute Gasteiger partial charge is 0.313 e. The zero-order valence-corrected chi connectivity index (χ0v) is 11.5. The van der Waals surface area contributed by atoms with E-state index in [1.54, 1.807) is 18.2 Å². The van der Waals surface area contributed by atoms with Gasteiger partial charge >= 0.3 is 11.8 Å². The minimum atomic E-state index is -0.754. The molecule has 0 aromatic heterocycles. The van der Waals surface area contributed by atoms with Crippen LogP contribution in [0, 0.1) is 0 Å². The molecule has 1 rings (SSSR count). The van der Waals surface area contributed by atoms with Crippen molar-refractivity contribution >= 4 is 33.4 Å². The quantitative estimate of drug-likeness (QED) is 0.732. The predicted molar refractivity (Wildman–Crippen MR) is 72.1 cm³/mol. The van der Waals surface area contributed by atoms with E-state index in [0.717, 1.165) is 4.47 Å². The Morgan fingerprint density at radius 2 is 2.11 bits per heavy atom. The van der Waals surface area contributed by atoms with E-state index < -0.39 is 17.9 Å². The topological polar surface area (TPSA) is 78.4 Å². The van der Waals surface area contributed by atoms with E-state index in [0.29, 0.717) is 12.1 Å². The molecule has 0 bridgehead atoms. The summed E-state index contributed by atoms with van der Waals surface area (Å²) in [6.07, 6.45) is 0.562. The first-order chi connectivity index (χ1) is 8.56. The van der Waals surface area contributed by atoms with E-state index in [2.05, 4.69) is 26.6 Å². The maximum atomic E-state index is 11.6. The van der Waals surface area contributed by atoms with Gasteiger partial charge in [-0.15, -0.1) is 0 Å². The van der Waals surface area contributed by atoms with Crippen LogP contribution < -0.4 is 10.6 Å². The highest BCUT2D eigenvalue weighted by atomic mass is 79.9. The van der Waals surface area contributed by atoms with Gasteiger partial charge in [0, 0.05) is 10.2 Å². The molecule has 1 atom stereocenters. The lowest BCUT2D eigenvalue weighted by Crippen LogP contribution is -2.43. The van der Waals surface area contributed by atoms with Gasteiger partial charge in [-0.2, -0.15) is 0 Å². The van der Waals surface area contributed by atoms with Crippen LogP contribution in [0.2, 0.25) is 0 Å². The average molecular weight is 315 g/mol. The van der Waals surface area contributed by atoms with Crippen LogP contribution in [-0.2, 0) is 9.59 Å². The number of amides is 2. The molecule has 1 unspecified atom stereocenters. The standard InChI is InChI=1S/C12H15BrN2O3/c1-2-9(7-16)14-11(17)12(18)15-10-5-3-4-8(13)6-10/h3-6,9,16H,2,7H2,1H3,(H,14,17)(H,15,18). The number of benzene rings is 1. The molecular weight excluding hydrogens is 300 g/mol. The fourth-order valence-electron chi connectivity index (χ4n) is 1.28. The van der Waals surface area contributed by atoms with Gasteiger partial charge in [0.15, 0.2) is 0 Å². The summed E-state index contributed by atoms with van der Waals surface area (Å²) in [7, 11) is 0. The van der Waals surface area contributed by atoms with Crippen LogP contribution >= 0.6 is 15.9 Å². The summed E-state index contributed by atoms with van der Waals surface area (Å²) in [4.78, 5) is 23.1. The molecule has 98 valence electrons. The van der Waals surface area contributed by atoms with Crippen molar-refractivity contribution in [2.75, 3.05) is 11.9 Å². The summed E-state index contributed by atoms with van der Waals surface area (Å²) >= 11 is 3.27. The zero-order chi connectivity index (χ0) is 13.5. The largest absolute Gasteiger partial charge is 0.394 e. The van der Waals surface area contributed by atoms with E-state index in [-0.39, 0.29) is 6.61 Å². The Morgan fingerprint density at radius 1 is 1.39 bits per heavy atom. The van der Waals surface area contributed by atoms with Gasteiger partial charge in [0.05, 0.1) is 12.6 Å². The second-order valence-electron chi connectivity index (χ2n) is 3.73. The van der Waals surface area contributed by atoms with Gasteiger partial charge in [-0.05, 0) is 24.6 Å². The molecule has 0 aliphatic heterocycles. The van der Waals surface area contributed by atoms with Crippen LogP contribution in [-0.4, -0.2) is 29.6 Å². The monoisotopic (exact) mass is 314 g/mol. The Balaban J connectivity index is 2.57. The van der Waals surface area contributed by atoms with E-state index in [1.807, 2.05) is 13.0 Å². The highest BCUT2D eigenvalue weighted by Gasteiger charge is 2.17. The fourth-order valence-corrected chi connectivity index (χ4v) is 1.68. The number of anilines is 1. The molecule has 0 aliphatic rings. The molecule has 0 saturated carbocycles. The Morgan fingerprint density at radius 3 is 2.67 bits per heavy atom. The molecule has 0 saturated heterocycles. The average Bonchev–Trinajstić information content (AvgIpc) is 2.35. The summed E-state index contributed by atoms with van der Waals surface area (Å²) in [5.41, 5.74) is 0.529. The van der Waals surface area contributed by atoms with Crippen LogP contribution in [0.25, 0.3) is 0 Å². The molecule has 2 amide bonds. The van der Waals surface area contributed by atoms with Crippen LogP contribution in [0.5, 0.6) is 0 Å². The van der Waals surface area contributed by atoms with Crippen molar-refractivity contribution in [2.24, 2.45) is 0 Å². The third kappa shape index (κ3) is 4.46. The Bertz CT molecular complexity index is 433. The van der Waals surface area contributed by atoms with Gasteiger partial charge in [0.2, 0.25) is 0 Å². The summed E-state index contributed by atoms with van der Waals surface area (Å²) in [6, 6.07) is 6.54. The fraction of sp³-hybridized carbons (Fsp3) is 0.333. The van der Waals surface area contributed by atoms with Gasteiger partial charge in [0.25, 0.3) is 0 Å². The van der Waals surface area contributed by atoms with E-state index in [9.17, 15) is 9.59 Å². The molecule has 1 aromatic carbocycles. The molecule has 5 nitrogen and oxygen atoms in total. The number of hydrogen-bond donors (Lipinski definition) is 3. The normalized spacial score (nSPS) is 11.7. The van der Waals surface area contributed by atoms with E-state index in [4.69, 9.17) is 5.11 Å². The first-order valence-corrected chi connectivity index (χ1v) is 6.34. The molecule has 0 heterocycles. The van der Waals surface area contributed by atoms with E-state index in [1.165, 1.54) is 0 Å². The summed E-state index contributed by atoms with van der Waals surface area (Å²) in [6.45, 7) is 1.62. The number of halogens is 1. The maximum Gasteiger partial charge on any atom is 0.313 e. The molecule has 0 fully saturated rings. The lowest BCUT2D eigenvalue weighted by atomic mass is 10.2. The van der Waals surface area contributed by atoms with Crippen molar-refractivity contribution in [3.63, 3.8) is 0 Å².